The van der Waals surface area contributed by atoms with Gasteiger partial charge in [0, 0.05) is 28.0 Å². The van der Waals surface area contributed by atoms with Gasteiger partial charge in [0.25, 0.3) is 0 Å². The molecule has 2 aromatic rings. The lowest BCUT2D eigenvalue weighted by Crippen LogP contribution is -1.99. The zero-order chi connectivity index (χ0) is 13.1. The highest BCUT2D eigenvalue weighted by Gasteiger charge is 2.07. The second-order valence-electron chi connectivity index (χ2n) is 3.89. The first-order valence-corrected chi connectivity index (χ1v) is 6.26. The number of hydrogen-bond donors (Lipinski definition) is 1. The van der Waals surface area contributed by atoms with E-state index in [0.29, 0.717) is 16.4 Å². The van der Waals surface area contributed by atoms with E-state index in [2.05, 4.69) is 9.97 Å². The van der Waals surface area contributed by atoms with Crippen LogP contribution in [0.4, 0.5) is 5.69 Å². The molecule has 0 aliphatic rings. The maximum atomic E-state index is 11.3. The number of nitrogen functional groups attached to an aromatic ring is 1. The third-order valence-electron chi connectivity index (χ3n) is 2.38. The zero-order valence-electron chi connectivity index (χ0n) is 10.2. The van der Waals surface area contributed by atoms with Crippen molar-refractivity contribution in [2.75, 3.05) is 5.73 Å². The van der Waals surface area contributed by atoms with Crippen LogP contribution in [0.25, 0.3) is 0 Å². The molecule has 0 atom stereocenters. The summed E-state index contributed by atoms with van der Waals surface area (Å²) >= 11 is 1.42. The van der Waals surface area contributed by atoms with E-state index in [-0.39, 0.29) is 5.78 Å². The van der Waals surface area contributed by atoms with Gasteiger partial charge in [-0.25, -0.2) is 9.97 Å². The van der Waals surface area contributed by atoms with Gasteiger partial charge in [0.05, 0.1) is 0 Å². The monoisotopic (exact) mass is 259 g/mol. The van der Waals surface area contributed by atoms with Crippen molar-refractivity contribution in [3.8, 4) is 0 Å². The number of ketones is 1. The van der Waals surface area contributed by atoms with Crippen LogP contribution >= 0.6 is 11.8 Å². The van der Waals surface area contributed by atoms with E-state index in [1.807, 2.05) is 19.1 Å². The maximum Gasteiger partial charge on any atom is 0.192 e. The fourth-order valence-corrected chi connectivity index (χ4v) is 2.34. The lowest BCUT2D eigenvalue weighted by atomic mass is 10.1. The Balaban J connectivity index is 2.25. The largest absolute Gasteiger partial charge is 0.398 e. The third kappa shape index (κ3) is 2.87. The average molecular weight is 259 g/mol. The van der Waals surface area contributed by atoms with E-state index in [1.165, 1.54) is 18.7 Å². The maximum absolute atomic E-state index is 11.3. The molecule has 0 amide bonds. The summed E-state index contributed by atoms with van der Waals surface area (Å²) in [6.07, 6.45) is 1.72. The molecule has 5 heteroatoms. The van der Waals surface area contributed by atoms with Crippen LogP contribution in [0, 0.1) is 6.92 Å². The molecule has 0 saturated heterocycles. The molecular weight excluding hydrogens is 246 g/mol. The Morgan fingerprint density at radius 3 is 2.72 bits per heavy atom. The highest BCUT2D eigenvalue weighted by atomic mass is 32.2. The van der Waals surface area contributed by atoms with Gasteiger partial charge in [-0.1, -0.05) is 0 Å². The number of carbonyl (C=O) groups excluding carboxylic acids is 1. The topological polar surface area (TPSA) is 68.9 Å². The van der Waals surface area contributed by atoms with Crippen molar-refractivity contribution in [1.82, 2.24) is 9.97 Å². The van der Waals surface area contributed by atoms with Crippen molar-refractivity contribution in [3.63, 3.8) is 0 Å². The first-order chi connectivity index (χ1) is 8.56. The number of Topliss-reactive ketones (excluding diaryl/α,β-unsaturated/α-hetero) is 1. The molecule has 1 aromatic heterocycles. The van der Waals surface area contributed by atoms with Crippen LogP contribution < -0.4 is 5.73 Å². The predicted octanol–water partition coefficient (Wildman–Crippen LogP) is 2.72. The standard InChI is InChI=1S/C13H13N3OS/c1-8-5-6-15-13(16-8)18-10-3-4-11(9(2)17)12(14)7-10/h3-7H,14H2,1-2H3. The van der Waals surface area contributed by atoms with Crippen LogP contribution in [-0.4, -0.2) is 15.8 Å². The summed E-state index contributed by atoms with van der Waals surface area (Å²) in [5, 5.41) is 0.671. The summed E-state index contributed by atoms with van der Waals surface area (Å²) in [5.74, 6) is -0.0316. The number of benzene rings is 1. The van der Waals surface area contributed by atoms with Gasteiger partial charge >= 0.3 is 0 Å². The highest BCUT2D eigenvalue weighted by Crippen LogP contribution is 2.27. The molecule has 0 bridgehead atoms. The first kappa shape index (κ1) is 12.6. The first-order valence-electron chi connectivity index (χ1n) is 5.44. The molecule has 1 aromatic carbocycles. The molecule has 0 radical (unpaired) electrons. The Bertz CT molecular complexity index is 599. The third-order valence-corrected chi connectivity index (χ3v) is 3.25. The van der Waals surface area contributed by atoms with Crippen molar-refractivity contribution >= 4 is 23.2 Å². The molecule has 18 heavy (non-hydrogen) atoms. The number of aromatic nitrogens is 2. The Kier molecular flexibility index (Phi) is 3.62. The second kappa shape index (κ2) is 5.18. The van der Waals surface area contributed by atoms with E-state index >= 15 is 0 Å². The highest BCUT2D eigenvalue weighted by molar-refractivity contribution is 7.99. The van der Waals surface area contributed by atoms with Gasteiger partial charge in [-0.2, -0.15) is 0 Å². The fourth-order valence-electron chi connectivity index (χ4n) is 1.51. The normalized spacial score (nSPS) is 10.3. The minimum Gasteiger partial charge on any atom is -0.398 e. The lowest BCUT2D eigenvalue weighted by Gasteiger charge is -2.05. The molecule has 0 spiro atoms. The van der Waals surface area contributed by atoms with E-state index < -0.39 is 0 Å². The van der Waals surface area contributed by atoms with Gasteiger partial charge in [0.2, 0.25) is 0 Å². The SMILES string of the molecule is CC(=O)c1ccc(Sc2nccc(C)n2)cc1N. The fraction of sp³-hybridized carbons (Fsp3) is 0.154. The Hall–Kier alpha value is -1.88. The minimum atomic E-state index is -0.0316. The number of nitrogens with zero attached hydrogens (tertiary/aromatic N) is 2. The minimum absolute atomic E-state index is 0.0316. The van der Waals surface area contributed by atoms with E-state index in [0.717, 1.165) is 10.6 Å². The van der Waals surface area contributed by atoms with Crippen molar-refractivity contribution < 1.29 is 4.79 Å². The van der Waals surface area contributed by atoms with Crippen LogP contribution in [0.2, 0.25) is 0 Å². The Morgan fingerprint density at radius 2 is 2.11 bits per heavy atom. The van der Waals surface area contributed by atoms with E-state index in [1.54, 1.807) is 18.3 Å². The summed E-state index contributed by atoms with van der Waals surface area (Å²) in [5.41, 5.74) is 7.78. The number of anilines is 1. The van der Waals surface area contributed by atoms with Crippen molar-refractivity contribution in [1.29, 1.82) is 0 Å². The molecular formula is C13H13N3OS. The molecule has 0 aliphatic heterocycles. The van der Waals surface area contributed by atoms with Gasteiger partial charge in [0.15, 0.2) is 10.9 Å². The van der Waals surface area contributed by atoms with Gasteiger partial charge < -0.3 is 5.73 Å². The van der Waals surface area contributed by atoms with Crippen LogP contribution in [-0.2, 0) is 0 Å². The number of carbonyl (C=O) groups is 1. The molecule has 0 saturated carbocycles. The summed E-state index contributed by atoms with van der Waals surface area (Å²) in [7, 11) is 0. The summed E-state index contributed by atoms with van der Waals surface area (Å²) in [6.45, 7) is 3.42. The zero-order valence-corrected chi connectivity index (χ0v) is 11.0. The molecule has 2 rings (SSSR count). The molecule has 0 aliphatic carbocycles. The number of nitrogens with two attached hydrogens (primary N) is 1. The summed E-state index contributed by atoms with van der Waals surface area (Å²) < 4.78 is 0. The molecule has 2 N–H and O–H groups in total. The summed E-state index contributed by atoms with van der Waals surface area (Å²) in [4.78, 5) is 20.7. The second-order valence-corrected chi connectivity index (χ2v) is 4.93. The quantitative estimate of drug-likeness (QED) is 0.521. The smallest absolute Gasteiger partial charge is 0.192 e. The Morgan fingerprint density at radius 1 is 1.33 bits per heavy atom. The summed E-state index contributed by atoms with van der Waals surface area (Å²) in [6, 6.07) is 7.20. The van der Waals surface area contributed by atoms with Gasteiger partial charge in [-0.15, -0.1) is 0 Å². The Labute approximate surface area is 110 Å². The van der Waals surface area contributed by atoms with Crippen LogP contribution in [0.5, 0.6) is 0 Å². The number of aryl methyl sites for hydroxylation is 1. The molecule has 92 valence electrons. The van der Waals surface area contributed by atoms with Crippen molar-refractivity contribution in [3.05, 3.63) is 41.7 Å². The van der Waals surface area contributed by atoms with Gasteiger partial charge in [-0.3, -0.25) is 4.79 Å². The van der Waals surface area contributed by atoms with Crippen molar-refractivity contribution in [2.24, 2.45) is 0 Å². The van der Waals surface area contributed by atoms with Crippen LogP contribution in [0.3, 0.4) is 0 Å². The molecule has 0 unspecified atom stereocenters. The average Bonchev–Trinajstić information content (AvgIpc) is 2.28. The van der Waals surface area contributed by atoms with Gasteiger partial charge in [0.1, 0.15) is 0 Å². The molecule has 1 heterocycles. The van der Waals surface area contributed by atoms with Gasteiger partial charge in [-0.05, 0) is 49.9 Å². The van der Waals surface area contributed by atoms with Crippen molar-refractivity contribution in [2.45, 2.75) is 23.9 Å². The number of hydrogen-bond acceptors (Lipinski definition) is 5. The molecule has 4 nitrogen and oxygen atoms in total. The van der Waals surface area contributed by atoms with E-state index in [4.69, 9.17) is 5.73 Å². The van der Waals surface area contributed by atoms with Crippen LogP contribution in [0.1, 0.15) is 23.0 Å². The predicted molar refractivity (Wildman–Crippen MR) is 71.8 cm³/mol. The van der Waals surface area contributed by atoms with E-state index in [9.17, 15) is 4.79 Å². The van der Waals surface area contributed by atoms with Crippen LogP contribution in [0.15, 0.2) is 40.5 Å². The number of rotatable bonds is 3. The lowest BCUT2D eigenvalue weighted by molar-refractivity contribution is 0.101. The molecule has 0 fully saturated rings.